The second-order valence-electron chi connectivity index (χ2n) is 7.41. The van der Waals surface area contributed by atoms with Gasteiger partial charge in [-0.1, -0.05) is 42.5 Å². The maximum atomic E-state index is 13.3. The number of hydrogen-bond donors (Lipinski definition) is 1. The highest BCUT2D eigenvalue weighted by Gasteiger charge is 2.24. The molecule has 1 atom stereocenters. The van der Waals surface area contributed by atoms with Crippen molar-refractivity contribution in [3.8, 4) is 11.1 Å². The van der Waals surface area contributed by atoms with Crippen molar-refractivity contribution < 1.29 is 4.39 Å². The van der Waals surface area contributed by atoms with Crippen LogP contribution in [-0.4, -0.2) is 34.0 Å². The van der Waals surface area contributed by atoms with Gasteiger partial charge in [-0.2, -0.15) is 0 Å². The van der Waals surface area contributed by atoms with Crippen LogP contribution in [-0.2, 0) is 6.54 Å². The summed E-state index contributed by atoms with van der Waals surface area (Å²) in [5, 5.41) is 6.74. The van der Waals surface area contributed by atoms with Crippen molar-refractivity contribution in [1.29, 1.82) is 0 Å². The Morgan fingerprint density at radius 2 is 1.90 bits per heavy atom. The van der Waals surface area contributed by atoms with E-state index in [1.165, 1.54) is 17.7 Å². The zero-order chi connectivity index (χ0) is 19.6. The Labute approximate surface area is 173 Å². The Kier molecular flexibility index (Phi) is 4.96. The number of thiophene rings is 1. The number of rotatable bonds is 5. The lowest BCUT2D eigenvalue weighted by atomic mass is 10.1. The highest BCUT2D eigenvalue weighted by atomic mass is 32.1. The van der Waals surface area contributed by atoms with Gasteiger partial charge in [0.25, 0.3) is 0 Å². The summed E-state index contributed by atoms with van der Waals surface area (Å²) in [6.45, 7) is 3.02. The molecule has 2 aromatic carbocycles. The smallest absolute Gasteiger partial charge is 0.139 e. The van der Waals surface area contributed by atoms with Crippen LogP contribution >= 0.6 is 11.3 Å². The molecule has 6 heteroatoms. The van der Waals surface area contributed by atoms with Crippen LogP contribution in [0.5, 0.6) is 0 Å². The predicted molar refractivity (Wildman–Crippen MR) is 117 cm³/mol. The molecule has 0 spiro atoms. The molecule has 3 heterocycles. The van der Waals surface area contributed by atoms with Crippen molar-refractivity contribution in [3.63, 3.8) is 0 Å². The van der Waals surface area contributed by atoms with Crippen molar-refractivity contribution in [3.05, 3.63) is 77.7 Å². The summed E-state index contributed by atoms with van der Waals surface area (Å²) < 4.78 is 13.3. The van der Waals surface area contributed by atoms with E-state index in [0.717, 1.165) is 53.2 Å². The van der Waals surface area contributed by atoms with E-state index in [-0.39, 0.29) is 5.82 Å². The minimum Gasteiger partial charge on any atom is -0.365 e. The number of anilines is 1. The normalized spacial score (nSPS) is 17.1. The van der Waals surface area contributed by atoms with Gasteiger partial charge in [0.15, 0.2) is 0 Å². The van der Waals surface area contributed by atoms with Crippen molar-refractivity contribution in [2.45, 2.75) is 19.0 Å². The van der Waals surface area contributed by atoms with Crippen molar-refractivity contribution in [2.24, 2.45) is 0 Å². The van der Waals surface area contributed by atoms with Crippen molar-refractivity contribution in [2.75, 3.05) is 18.4 Å². The van der Waals surface area contributed by atoms with E-state index >= 15 is 0 Å². The quantitative estimate of drug-likeness (QED) is 0.497. The van der Waals surface area contributed by atoms with E-state index in [4.69, 9.17) is 0 Å². The van der Waals surface area contributed by atoms with Crippen molar-refractivity contribution in [1.82, 2.24) is 14.9 Å². The van der Waals surface area contributed by atoms with Crippen LogP contribution in [0.25, 0.3) is 21.3 Å². The number of aromatic nitrogens is 2. The zero-order valence-corrected chi connectivity index (χ0v) is 16.7. The molecule has 1 saturated heterocycles. The van der Waals surface area contributed by atoms with Crippen LogP contribution < -0.4 is 5.32 Å². The standard InChI is InChI=1S/C23H21FN4S/c24-18-8-6-17(7-9-18)20-14-29-23-21(20)22(25-15-26-23)27-19-10-11-28(13-19)12-16-4-2-1-3-5-16/h1-9,14-15,19H,10-13H2,(H,25,26,27). The van der Waals surface area contributed by atoms with E-state index in [1.54, 1.807) is 17.7 Å². The molecule has 1 N–H and O–H groups in total. The average molecular weight is 405 g/mol. The van der Waals surface area contributed by atoms with E-state index in [2.05, 4.69) is 55.9 Å². The minimum atomic E-state index is -0.229. The maximum Gasteiger partial charge on any atom is 0.139 e. The molecule has 1 aliphatic rings. The Balaban J connectivity index is 1.37. The first-order chi connectivity index (χ1) is 14.3. The van der Waals surface area contributed by atoms with Gasteiger partial charge >= 0.3 is 0 Å². The van der Waals surface area contributed by atoms with Gasteiger partial charge in [0, 0.05) is 36.6 Å². The lowest BCUT2D eigenvalue weighted by Crippen LogP contribution is -2.26. The molecule has 0 aliphatic carbocycles. The third kappa shape index (κ3) is 3.86. The number of benzene rings is 2. The second-order valence-corrected chi connectivity index (χ2v) is 8.27. The fraction of sp³-hybridized carbons (Fsp3) is 0.217. The molecule has 146 valence electrons. The van der Waals surface area contributed by atoms with Gasteiger partial charge in [-0.05, 0) is 29.7 Å². The molecule has 0 radical (unpaired) electrons. The summed E-state index contributed by atoms with van der Waals surface area (Å²) in [6, 6.07) is 17.5. The number of likely N-dealkylation sites (tertiary alicyclic amines) is 1. The van der Waals surface area contributed by atoms with Gasteiger partial charge in [0.2, 0.25) is 0 Å². The van der Waals surface area contributed by atoms with Crippen LogP contribution in [0.4, 0.5) is 10.2 Å². The van der Waals surface area contributed by atoms with Crippen LogP contribution in [0, 0.1) is 5.82 Å². The summed E-state index contributed by atoms with van der Waals surface area (Å²) >= 11 is 1.59. The number of halogens is 1. The molecule has 5 rings (SSSR count). The molecule has 29 heavy (non-hydrogen) atoms. The monoisotopic (exact) mass is 404 g/mol. The summed E-state index contributed by atoms with van der Waals surface area (Å²) in [5.74, 6) is 0.634. The van der Waals surface area contributed by atoms with Gasteiger partial charge in [-0.15, -0.1) is 11.3 Å². The third-order valence-electron chi connectivity index (χ3n) is 5.39. The summed E-state index contributed by atoms with van der Waals surface area (Å²) in [7, 11) is 0. The fourth-order valence-electron chi connectivity index (χ4n) is 3.96. The number of nitrogens with one attached hydrogen (secondary N) is 1. The second kappa shape index (κ2) is 7.89. The molecular weight excluding hydrogens is 383 g/mol. The molecular formula is C23H21FN4S. The van der Waals surface area contributed by atoms with Crippen LogP contribution in [0.2, 0.25) is 0 Å². The first-order valence-corrected chi connectivity index (χ1v) is 10.7. The first kappa shape index (κ1) is 18.2. The van der Waals surface area contributed by atoms with E-state index < -0.39 is 0 Å². The Morgan fingerprint density at radius 1 is 1.07 bits per heavy atom. The van der Waals surface area contributed by atoms with Gasteiger partial charge in [-0.25, -0.2) is 14.4 Å². The lowest BCUT2D eigenvalue weighted by molar-refractivity contribution is 0.328. The number of fused-ring (bicyclic) bond motifs is 1. The summed E-state index contributed by atoms with van der Waals surface area (Å²) in [6.07, 6.45) is 2.70. The molecule has 0 saturated carbocycles. The van der Waals surface area contributed by atoms with Gasteiger partial charge in [-0.3, -0.25) is 4.90 Å². The van der Waals surface area contributed by atoms with Gasteiger partial charge in [0.05, 0.1) is 5.39 Å². The molecule has 4 nitrogen and oxygen atoms in total. The van der Waals surface area contributed by atoms with Crippen LogP contribution in [0.15, 0.2) is 66.3 Å². The molecule has 1 unspecified atom stereocenters. The molecule has 1 fully saturated rings. The highest BCUT2D eigenvalue weighted by molar-refractivity contribution is 7.17. The Morgan fingerprint density at radius 3 is 2.72 bits per heavy atom. The van der Waals surface area contributed by atoms with Crippen LogP contribution in [0.1, 0.15) is 12.0 Å². The zero-order valence-electron chi connectivity index (χ0n) is 15.9. The summed E-state index contributed by atoms with van der Waals surface area (Å²) in [4.78, 5) is 12.4. The maximum absolute atomic E-state index is 13.3. The predicted octanol–water partition coefficient (Wildman–Crippen LogP) is 5.18. The third-order valence-corrected chi connectivity index (χ3v) is 6.27. The summed E-state index contributed by atoms with van der Waals surface area (Å²) in [5.41, 5.74) is 3.37. The fourth-order valence-corrected chi connectivity index (χ4v) is 4.87. The van der Waals surface area contributed by atoms with Crippen molar-refractivity contribution >= 4 is 27.4 Å². The molecule has 0 amide bonds. The SMILES string of the molecule is Fc1ccc(-c2csc3ncnc(NC4CCN(Cc5ccccc5)C4)c23)cc1. The Bertz CT molecular complexity index is 1110. The number of hydrogen-bond acceptors (Lipinski definition) is 5. The largest absolute Gasteiger partial charge is 0.365 e. The van der Waals surface area contributed by atoms with Crippen LogP contribution in [0.3, 0.4) is 0 Å². The molecule has 2 aromatic heterocycles. The molecule has 1 aliphatic heterocycles. The highest BCUT2D eigenvalue weighted by Crippen LogP contribution is 2.37. The minimum absolute atomic E-state index is 0.229. The Hall–Kier alpha value is -2.83. The topological polar surface area (TPSA) is 41.1 Å². The number of nitrogens with zero attached hydrogens (tertiary/aromatic N) is 3. The van der Waals surface area contributed by atoms with E-state index in [0.29, 0.717) is 6.04 Å². The average Bonchev–Trinajstić information content (AvgIpc) is 3.37. The molecule has 4 aromatic rings. The van der Waals surface area contributed by atoms with Gasteiger partial charge < -0.3 is 5.32 Å². The lowest BCUT2D eigenvalue weighted by Gasteiger charge is -2.17. The van der Waals surface area contributed by atoms with E-state index in [9.17, 15) is 4.39 Å². The molecule has 0 bridgehead atoms. The van der Waals surface area contributed by atoms with E-state index in [1.807, 2.05) is 12.1 Å². The van der Waals surface area contributed by atoms with Gasteiger partial charge in [0.1, 0.15) is 22.8 Å². The first-order valence-electron chi connectivity index (χ1n) is 9.77.